The lowest BCUT2D eigenvalue weighted by Gasteiger charge is -2.22. The molecule has 1 aliphatic heterocycles. The van der Waals surface area contributed by atoms with Gasteiger partial charge >= 0.3 is 0 Å². The number of ether oxygens (including phenoxy) is 1. The van der Waals surface area contributed by atoms with Crippen LogP contribution in [-0.4, -0.2) is 44.2 Å². The lowest BCUT2D eigenvalue weighted by Crippen LogP contribution is -2.28. The minimum Gasteiger partial charge on any atom is -0.381 e. The van der Waals surface area contributed by atoms with Crippen molar-refractivity contribution in [2.75, 3.05) is 29.8 Å². The summed E-state index contributed by atoms with van der Waals surface area (Å²) in [7, 11) is -1.48. The van der Waals surface area contributed by atoms with E-state index in [2.05, 4.69) is 25.0 Å². The molecule has 32 heavy (non-hydrogen) atoms. The van der Waals surface area contributed by atoms with Gasteiger partial charge in [-0.1, -0.05) is 0 Å². The van der Waals surface area contributed by atoms with Gasteiger partial charge in [0.05, 0.1) is 16.3 Å². The van der Waals surface area contributed by atoms with Gasteiger partial charge in [0.2, 0.25) is 0 Å². The molecule has 1 saturated carbocycles. The third-order valence-corrected chi connectivity index (χ3v) is 7.54. The van der Waals surface area contributed by atoms with Crippen LogP contribution < -0.4 is 10.0 Å². The van der Waals surface area contributed by atoms with Gasteiger partial charge in [-0.15, -0.1) is 0 Å². The second kappa shape index (κ2) is 9.11. The molecule has 0 radical (unpaired) electrons. The van der Waals surface area contributed by atoms with E-state index in [0.717, 1.165) is 11.9 Å². The number of hydrogen-bond acceptors (Lipinski definition) is 5. The molecule has 7 nitrogen and oxygen atoms in total. The SMILES string of the molecule is O=S(Nc1ccc(F)c(Cc2c[nH]c3ncnc(NCC4CC4)c23)c1F)C1CCOCC1. The minimum absolute atomic E-state index is 0.0164. The molecular formula is C22H25F2N5O2S. The van der Waals surface area contributed by atoms with Crippen LogP contribution in [0.2, 0.25) is 0 Å². The monoisotopic (exact) mass is 461 g/mol. The summed E-state index contributed by atoms with van der Waals surface area (Å²) in [5.74, 6) is -0.0711. The average molecular weight is 462 g/mol. The number of nitrogens with one attached hydrogen (secondary N) is 3. The van der Waals surface area contributed by atoms with Crippen LogP contribution in [0.5, 0.6) is 0 Å². The fourth-order valence-electron chi connectivity index (χ4n) is 3.97. The molecule has 1 aliphatic carbocycles. The summed E-state index contributed by atoms with van der Waals surface area (Å²) in [6.07, 6.45) is 6.88. The van der Waals surface area contributed by atoms with E-state index in [1.165, 1.54) is 31.3 Å². The fourth-order valence-corrected chi connectivity index (χ4v) is 5.14. The average Bonchev–Trinajstić information content (AvgIpc) is 3.56. The quantitative estimate of drug-likeness (QED) is 0.473. The van der Waals surface area contributed by atoms with E-state index in [1.54, 1.807) is 6.20 Å². The molecule has 170 valence electrons. The maximum Gasteiger partial charge on any atom is 0.153 e. The first-order valence-corrected chi connectivity index (χ1v) is 12.1. The van der Waals surface area contributed by atoms with Crippen LogP contribution in [0.15, 0.2) is 24.7 Å². The number of hydrogen-bond donors (Lipinski definition) is 3. The van der Waals surface area contributed by atoms with Gasteiger partial charge in [-0.05, 0) is 49.3 Å². The molecular weight excluding hydrogens is 436 g/mol. The first-order chi connectivity index (χ1) is 15.6. The summed E-state index contributed by atoms with van der Waals surface area (Å²) in [5.41, 5.74) is 1.26. The van der Waals surface area contributed by atoms with Crippen LogP contribution in [0.25, 0.3) is 11.0 Å². The van der Waals surface area contributed by atoms with Crippen molar-refractivity contribution >= 4 is 33.5 Å². The molecule has 1 saturated heterocycles. The van der Waals surface area contributed by atoms with Crippen molar-refractivity contribution in [1.29, 1.82) is 0 Å². The number of aromatic amines is 1. The Morgan fingerprint density at radius 1 is 1.16 bits per heavy atom. The molecule has 0 amide bonds. The standard InChI is InChI=1S/C22H25F2N5O2S/c23-17-3-4-18(29-32(30)15-5-7-31-8-6-15)20(24)16(17)9-14-11-26-22-19(14)21(27-12-28-22)25-10-13-1-2-13/h3-4,11-13,15,29H,1-2,5-10H2,(H2,25,26,27,28). The smallest absolute Gasteiger partial charge is 0.153 e. The van der Waals surface area contributed by atoms with Crippen molar-refractivity contribution in [3.05, 3.63) is 47.4 Å². The van der Waals surface area contributed by atoms with Crippen molar-refractivity contribution in [3.63, 3.8) is 0 Å². The van der Waals surface area contributed by atoms with E-state index in [1.807, 2.05) is 0 Å². The topological polar surface area (TPSA) is 91.9 Å². The van der Waals surface area contributed by atoms with Gasteiger partial charge in [-0.2, -0.15) is 0 Å². The minimum atomic E-state index is -1.48. The highest BCUT2D eigenvalue weighted by atomic mass is 32.2. The largest absolute Gasteiger partial charge is 0.381 e. The van der Waals surface area contributed by atoms with Gasteiger partial charge in [0.1, 0.15) is 34.6 Å². The zero-order valence-corrected chi connectivity index (χ0v) is 18.3. The number of rotatable bonds is 8. The van der Waals surface area contributed by atoms with Gasteiger partial charge in [0.25, 0.3) is 0 Å². The third-order valence-electron chi connectivity index (χ3n) is 6.04. The lowest BCUT2D eigenvalue weighted by molar-refractivity contribution is 0.0993. The van der Waals surface area contributed by atoms with Crippen molar-refractivity contribution < 1.29 is 17.7 Å². The summed E-state index contributed by atoms with van der Waals surface area (Å²) in [6.45, 7) is 1.89. The summed E-state index contributed by atoms with van der Waals surface area (Å²) in [4.78, 5) is 11.7. The molecule has 0 bridgehead atoms. The van der Waals surface area contributed by atoms with E-state index >= 15 is 4.39 Å². The maximum atomic E-state index is 15.3. The Kier molecular flexibility index (Phi) is 6.05. The number of H-pyrrole nitrogens is 1. The zero-order chi connectivity index (χ0) is 22.1. The van der Waals surface area contributed by atoms with Crippen LogP contribution in [0, 0.1) is 17.6 Å². The summed E-state index contributed by atoms with van der Waals surface area (Å²) < 4.78 is 50.6. The highest BCUT2D eigenvalue weighted by molar-refractivity contribution is 7.87. The Hall–Kier alpha value is -2.59. The van der Waals surface area contributed by atoms with E-state index in [0.29, 0.717) is 49.0 Å². The number of fused-ring (bicyclic) bond motifs is 1. The van der Waals surface area contributed by atoms with E-state index in [9.17, 15) is 8.60 Å². The van der Waals surface area contributed by atoms with E-state index < -0.39 is 22.6 Å². The molecule has 2 aromatic heterocycles. The summed E-state index contributed by atoms with van der Waals surface area (Å²) in [5, 5.41) is 3.95. The Morgan fingerprint density at radius 3 is 2.75 bits per heavy atom. The molecule has 2 aliphatic rings. The highest BCUT2D eigenvalue weighted by Gasteiger charge is 2.24. The fraction of sp³-hybridized carbons (Fsp3) is 0.455. The number of anilines is 2. The molecule has 10 heteroatoms. The third kappa shape index (κ3) is 4.47. The number of halogens is 2. The van der Waals surface area contributed by atoms with E-state index in [-0.39, 0.29) is 22.9 Å². The predicted molar refractivity (Wildman–Crippen MR) is 120 cm³/mol. The molecule has 1 aromatic carbocycles. The van der Waals surface area contributed by atoms with Crippen LogP contribution in [0.1, 0.15) is 36.8 Å². The Bertz CT molecular complexity index is 1140. The maximum absolute atomic E-state index is 15.3. The molecule has 2 fully saturated rings. The lowest BCUT2D eigenvalue weighted by atomic mass is 10.0. The second-order valence-corrected chi connectivity index (χ2v) is 9.83. The Morgan fingerprint density at radius 2 is 1.97 bits per heavy atom. The number of nitrogens with zero attached hydrogens (tertiary/aromatic N) is 2. The first-order valence-electron chi connectivity index (χ1n) is 10.9. The van der Waals surface area contributed by atoms with Crippen molar-refractivity contribution in [2.45, 2.75) is 37.4 Å². The van der Waals surface area contributed by atoms with Gasteiger partial charge in [-0.25, -0.2) is 23.0 Å². The van der Waals surface area contributed by atoms with Crippen LogP contribution in [0.3, 0.4) is 0 Å². The first kappa shape index (κ1) is 21.3. The van der Waals surface area contributed by atoms with Gasteiger partial charge in [-0.3, -0.25) is 0 Å². The van der Waals surface area contributed by atoms with Crippen LogP contribution >= 0.6 is 0 Å². The van der Waals surface area contributed by atoms with E-state index in [4.69, 9.17) is 4.74 Å². The highest BCUT2D eigenvalue weighted by Crippen LogP contribution is 2.32. The summed E-state index contributed by atoms with van der Waals surface area (Å²) in [6, 6.07) is 2.51. The normalized spacial score (nSPS) is 18.1. The van der Waals surface area contributed by atoms with Gasteiger partial charge in [0, 0.05) is 37.9 Å². The molecule has 1 unspecified atom stereocenters. The Labute approximate surface area is 187 Å². The second-order valence-electron chi connectivity index (χ2n) is 8.36. The summed E-state index contributed by atoms with van der Waals surface area (Å²) >= 11 is 0. The number of aromatic nitrogens is 3. The van der Waals surface area contributed by atoms with Crippen LogP contribution in [-0.2, 0) is 22.1 Å². The molecule has 0 spiro atoms. The Balaban J connectivity index is 1.41. The number of benzene rings is 1. The molecule has 3 N–H and O–H groups in total. The van der Waals surface area contributed by atoms with Gasteiger partial charge < -0.3 is 19.8 Å². The molecule has 1 atom stereocenters. The van der Waals surface area contributed by atoms with Crippen LogP contribution in [0.4, 0.5) is 20.3 Å². The van der Waals surface area contributed by atoms with Crippen molar-refractivity contribution in [3.8, 4) is 0 Å². The molecule has 5 rings (SSSR count). The predicted octanol–water partition coefficient (Wildman–Crippen LogP) is 3.90. The molecule has 3 aromatic rings. The van der Waals surface area contributed by atoms with Crippen molar-refractivity contribution in [1.82, 2.24) is 15.0 Å². The van der Waals surface area contributed by atoms with Gasteiger partial charge in [0.15, 0.2) is 5.82 Å². The van der Waals surface area contributed by atoms with Crippen molar-refractivity contribution in [2.24, 2.45) is 5.92 Å². The zero-order valence-electron chi connectivity index (χ0n) is 17.5. The molecule has 3 heterocycles.